The summed E-state index contributed by atoms with van der Waals surface area (Å²) < 4.78 is 19.2. The van der Waals surface area contributed by atoms with Gasteiger partial charge in [0.05, 0.1) is 12.2 Å². The van der Waals surface area contributed by atoms with Crippen LogP contribution in [0.1, 0.15) is 37.3 Å². The van der Waals surface area contributed by atoms with Crippen LogP contribution in [0.3, 0.4) is 0 Å². The number of nitriles is 1. The molecule has 2 rings (SSSR count). The summed E-state index contributed by atoms with van der Waals surface area (Å²) >= 11 is 0. The zero-order valence-electron chi connectivity index (χ0n) is 12.1. The van der Waals surface area contributed by atoms with Gasteiger partial charge in [0.15, 0.2) is 0 Å². The molecular weight excluding hydrogens is 271 g/mol. The number of rotatable bonds is 4. The SMILES string of the molecule is CCOC(=O)C1CCCCN1Cc1cccc(C#N)c1F. The van der Waals surface area contributed by atoms with Gasteiger partial charge in [-0.05, 0) is 32.4 Å². The van der Waals surface area contributed by atoms with Crippen LogP contribution in [-0.4, -0.2) is 30.1 Å². The van der Waals surface area contributed by atoms with Gasteiger partial charge in [0.1, 0.15) is 17.9 Å². The topological polar surface area (TPSA) is 53.3 Å². The maximum atomic E-state index is 14.1. The molecule has 1 aromatic carbocycles. The van der Waals surface area contributed by atoms with Gasteiger partial charge in [-0.3, -0.25) is 9.69 Å². The molecule has 0 aromatic heterocycles. The van der Waals surface area contributed by atoms with Gasteiger partial charge in [-0.25, -0.2) is 4.39 Å². The van der Waals surface area contributed by atoms with Gasteiger partial charge in [-0.15, -0.1) is 0 Å². The minimum Gasteiger partial charge on any atom is -0.465 e. The maximum absolute atomic E-state index is 14.1. The van der Waals surface area contributed by atoms with Crippen molar-refractivity contribution in [2.45, 2.75) is 38.8 Å². The van der Waals surface area contributed by atoms with Crippen LogP contribution in [0.15, 0.2) is 18.2 Å². The quantitative estimate of drug-likeness (QED) is 0.800. The first-order chi connectivity index (χ1) is 10.2. The van der Waals surface area contributed by atoms with Crippen molar-refractivity contribution >= 4 is 5.97 Å². The highest BCUT2D eigenvalue weighted by atomic mass is 19.1. The Hall–Kier alpha value is -1.93. The van der Waals surface area contributed by atoms with E-state index in [1.165, 1.54) is 6.07 Å². The summed E-state index contributed by atoms with van der Waals surface area (Å²) in [5, 5.41) is 8.88. The molecule has 1 unspecified atom stereocenters. The zero-order valence-corrected chi connectivity index (χ0v) is 12.1. The standard InChI is InChI=1S/C16H19FN2O2/c1-2-21-16(20)14-8-3-4-9-19(14)11-13-7-5-6-12(10-18)15(13)17/h5-7,14H,2-4,8-9,11H2,1H3. The zero-order chi connectivity index (χ0) is 15.2. The highest BCUT2D eigenvalue weighted by Crippen LogP contribution is 2.22. The van der Waals surface area contributed by atoms with Gasteiger partial charge in [0.25, 0.3) is 0 Å². The summed E-state index contributed by atoms with van der Waals surface area (Å²) in [5.74, 6) is -0.734. The lowest BCUT2D eigenvalue weighted by molar-refractivity contribution is -0.151. The van der Waals surface area contributed by atoms with E-state index in [1.54, 1.807) is 19.1 Å². The molecule has 1 aromatic rings. The van der Waals surface area contributed by atoms with Crippen LogP contribution in [0.4, 0.5) is 4.39 Å². The van der Waals surface area contributed by atoms with Crippen molar-refractivity contribution in [3.63, 3.8) is 0 Å². The second kappa shape index (κ2) is 7.19. The van der Waals surface area contributed by atoms with Gasteiger partial charge in [0.2, 0.25) is 0 Å². The molecule has 1 heterocycles. The lowest BCUT2D eigenvalue weighted by Crippen LogP contribution is -2.45. The predicted octanol–water partition coefficient (Wildman–Crippen LogP) is 2.61. The van der Waals surface area contributed by atoms with Crippen molar-refractivity contribution in [1.29, 1.82) is 5.26 Å². The normalized spacial score (nSPS) is 19.0. The molecule has 0 radical (unpaired) electrons. The van der Waals surface area contributed by atoms with Crippen molar-refractivity contribution in [2.24, 2.45) is 0 Å². The van der Waals surface area contributed by atoms with E-state index in [0.29, 0.717) is 18.7 Å². The number of carbonyl (C=O) groups is 1. The van der Waals surface area contributed by atoms with E-state index in [1.807, 2.05) is 11.0 Å². The molecule has 4 nitrogen and oxygen atoms in total. The highest BCUT2D eigenvalue weighted by Gasteiger charge is 2.30. The molecule has 1 aliphatic rings. The third-order valence-corrected chi connectivity index (χ3v) is 3.74. The number of ether oxygens (including phenoxy) is 1. The fraction of sp³-hybridized carbons (Fsp3) is 0.500. The van der Waals surface area contributed by atoms with Crippen LogP contribution < -0.4 is 0 Å². The van der Waals surface area contributed by atoms with Crippen LogP contribution in [0, 0.1) is 17.1 Å². The van der Waals surface area contributed by atoms with Crippen LogP contribution in [0.25, 0.3) is 0 Å². The Bertz CT molecular complexity index is 554. The molecule has 1 fully saturated rings. The van der Waals surface area contributed by atoms with Gasteiger partial charge < -0.3 is 4.74 Å². The Balaban J connectivity index is 2.16. The Kier molecular flexibility index (Phi) is 5.29. The fourth-order valence-corrected chi connectivity index (χ4v) is 2.69. The lowest BCUT2D eigenvalue weighted by Gasteiger charge is -2.34. The minimum absolute atomic E-state index is 0.0391. The van der Waals surface area contributed by atoms with E-state index >= 15 is 0 Å². The second-order valence-corrected chi connectivity index (χ2v) is 5.12. The maximum Gasteiger partial charge on any atom is 0.323 e. The minimum atomic E-state index is -0.492. The van der Waals surface area contributed by atoms with Gasteiger partial charge in [0, 0.05) is 12.1 Å². The molecule has 0 amide bonds. The van der Waals surface area contributed by atoms with Crippen molar-refractivity contribution in [1.82, 2.24) is 4.90 Å². The first kappa shape index (κ1) is 15.5. The fourth-order valence-electron chi connectivity index (χ4n) is 2.69. The number of hydrogen-bond donors (Lipinski definition) is 0. The molecular formula is C16H19FN2O2. The van der Waals surface area contributed by atoms with Gasteiger partial charge in [-0.2, -0.15) is 5.26 Å². The smallest absolute Gasteiger partial charge is 0.323 e. The summed E-state index contributed by atoms with van der Waals surface area (Å²) in [6.45, 7) is 3.19. The van der Waals surface area contributed by atoms with Crippen molar-refractivity contribution in [3.8, 4) is 6.07 Å². The first-order valence-electron chi connectivity index (χ1n) is 7.25. The first-order valence-corrected chi connectivity index (χ1v) is 7.25. The number of carbonyl (C=O) groups excluding carboxylic acids is 1. The summed E-state index contributed by atoms with van der Waals surface area (Å²) in [6, 6.07) is 6.31. The Morgan fingerprint density at radius 2 is 2.33 bits per heavy atom. The molecule has 1 saturated heterocycles. The number of nitrogens with zero attached hydrogens (tertiary/aromatic N) is 2. The Labute approximate surface area is 124 Å². The average molecular weight is 290 g/mol. The average Bonchev–Trinajstić information content (AvgIpc) is 2.50. The number of likely N-dealkylation sites (tertiary alicyclic amines) is 1. The third-order valence-electron chi connectivity index (χ3n) is 3.74. The molecule has 0 aliphatic carbocycles. The largest absolute Gasteiger partial charge is 0.465 e. The van der Waals surface area contributed by atoms with E-state index in [9.17, 15) is 9.18 Å². The van der Waals surface area contributed by atoms with Crippen LogP contribution in [0.5, 0.6) is 0 Å². The molecule has 0 spiro atoms. The molecule has 1 atom stereocenters. The highest BCUT2D eigenvalue weighted by molar-refractivity contribution is 5.75. The Morgan fingerprint density at radius 3 is 3.05 bits per heavy atom. The summed E-state index contributed by atoms with van der Waals surface area (Å²) in [5.41, 5.74) is 0.488. The monoisotopic (exact) mass is 290 g/mol. The molecule has 5 heteroatoms. The third kappa shape index (κ3) is 3.59. The molecule has 21 heavy (non-hydrogen) atoms. The Morgan fingerprint density at radius 1 is 1.52 bits per heavy atom. The van der Waals surface area contributed by atoms with Crippen molar-refractivity contribution < 1.29 is 13.9 Å². The number of piperidine rings is 1. The summed E-state index contributed by atoms with van der Waals surface area (Å²) in [6.07, 6.45) is 2.69. The number of benzene rings is 1. The van der Waals surface area contributed by atoms with Crippen LogP contribution in [0.2, 0.25) is 0 Å². The van der Waals surface area contributed by atoms with E-state index in [4.69, 9.17) is 10.00 Å². The summed E-state index contributed by atoms with van der Waals surface area (Å²) in [4.78, 5) is 13.9. The summed E-state index contributed by atoms with van der Waals surface area (Å²) in [7, 11) is 0. The van der Waals surface area contributed by atoms with Crippen molar-refractivity contribution in [3.05, 3.63) is 35.1 Å². The number of halogens is 1. The van der Waals surface area contributed by atoms with Crippen LogP contribution in [-0.2, 0) is 16.1 Å². The van der Waals surface area contributed by atoms with Gasteiger partial charge in [-0.1, -0.05) is 18.6 Å². The van der Waals surface area contributed by atoms with E-state index in [2.05, 4.69) is 0 Å². The molecule has 0 saturated carbocycles. The second-order valence-electron chi connectivity index (χ2n) is 5.12. The van der Waals surface area contributed by atoms with E-state index < -0.39 is 5.82 Å². The number of esters is 1. The number of hydrogen-bond acceptors (Lipinski definition) is 4. The van der Waals surface area contributed by atoms with E-state index in [0.717, 1.165) is 25.8 Å². The molecule has 112 valence electrons. The molecule has 1 aliphatic heterocycles. The predicted molar refractivity (Wildman–Crippen MR) is 75.8 cm³/mol. The van der Waals surface area contributed by atoms with Crippen LogP contribution >= 0.6 is 0 Å². The van der Waals surface area contributed by atoms with E-state index in [-0.39, 0.29) is 17.6 Å². The van der Waals surface area contributed by atoms with Gasteiger partial charge >= 0.3 is 5.97 Å². The molecule has 0 bridgehead atoms. The van der Waals surface area contributed by atoms with Crippen molar-refractivity contribution in [2.75, 3.05) is 13.2 Å². The molecule has 0 N–H and O–H groups in total. The lowest BCUT2D eigenvalue weighted by atomic mass is 10.0.